The molecule has 1 aromatic carbocycles. The number of nitrogens with zero attached hydrogens (tertiary/aromatic N) is 3. The van der Waals surface area contributed by atoms with Gasteiger partial charge >= 0.3 is 0 Å². The summed E-state index contributed by atoms with van der Waals surface area (Å²) in [6, 6.07) is 4.43. The van der Waals surface area contributed by atoms with Crippen LogP contribution >= 0.6 is 24.8 Å². The molecule has 4 aliphatic rings. The van der Waals surface area contributed by atoms with E-state index in [2.05, 4.69) is 20.4 Å². The molecule has 3 saturated heterocycles. The summed E-state index contributed by atoms with van der Waals surface area (Å²) in [5.74, 6) is -1.19. The molecule has 0 radical (unpaired) electrons. The van der Waals surface area contributed by atoms with E-state index < -0.39 is 23.8 Å². The fraction of sp³-hybridized carbons (Fsp3) is 0.565. The molecule has 4 amide bonds. The highest BCUT2D eigenvalue weighted by Gasteiger charge is 2.46. The third-order valence-electron chi connectivity index (χ3n) is 7.13. The summed E-state index contributed by atoms with van der Waals surface area (Å²) in [5, 5.41) is 5.64. The summed E-state index contributed by atoms with van der Waals surface area (Å²) >= 11 is 0. The molecule has 0 spiro atoms. The van der Waals surface area contributed by atoms with Crippen molar-refractivity contribution in [3.8, 4) is 0 Å². The molecule has 186 valence electrons. The number of imide groups is 2. The van der Waals surface area contributed by atoms with Crippen LogP contribution in [0, 0.1) is 5.92 Å². The maximum Gasteiger partial charge on any atom is 0.264 e. The van der Waals surface area contributed by atoms with Crippen LogP contribution in [-0.4, -0.2) is 85.3 Å². The zero-order valence-electron chi connectivity index (χ0n) is 19.0. The molecule has 11 heteroatoms. The van der Waals surface area contributed by atoms with Crippen LogP contribution in [0.3, 0.4) is 0 Å². The number of carbonyl (C=O) groups excluding carboxylic acids is 4. The Labute approximate surface area is 211 Å². The molecular weight excluding hydrogens is 481 g/mol. The zero-order chi connectivity index (χ0) is 22.2. The lowest BCUT2D eigenvalue weighted by Crippen LogP contribution is -2.54. The van der Waals surface area contributed by atoms with Crippen molar-refractivity contribution >= 4 is 54.1 Å². The molecule has 1 unspecified atom stereocenters. The molecule has 0 bridgehead atoms. The molecule has 4 aliphatic heterocycles. The second-order valence-electron chi connectivity index (χ2n) is 9.13. The number of rotatable bonds is 4. The van der Waals surface area contributed by atoms with Gasteiger partial charge in [0.15, 0.2) is 0 Å². The van der Waals surface area contributed by atoms with Gasteiger partial charge in [-0.2, -0.15) is 0 Å². The molecule has 1 atom stereocenters. The molecule has 0 aliphatic carbocycles. The van der Waals surface area contributed by atoms with Crippen molar-refractivity contribution in [3.63, 3.8) is 0 Å². The van der Waals surface area contributed by atoms with Crippen LogP contribution in [0.15, 0.2) is 18.2 Å². The van der Waals surface area contributed by atoms with Crippen LogP contribution in [0.1, 0.15) is 46.4 Å². The summed E-state index contributed by atoms with van der Waals surface area (Å²) in [5.41, 5.74) is 1.51. The molecular formula is C23H31Cl2N5O4. The number of carbonyl (C=O) groups is 4. The topological polar surface area (TPSA) is 102 Å². The minimum Gasteiger partial charge on any atom is -0.371 e. The lowest BCUT2D eigenvalue weighted by Gasteiger charge is -2.37. The first-order valence-electron chi connectivity index (χ1n) is 11.6. The van der Waals surface area contributed by atoms with Gasteiger partial charge in [-0.1, -0.05) is 6.07 Å². The normalized spacial score (nSPS) is 23.8. The fourth-order valence-electron chi connectivity index (χ4n) is 5.38. The smallest absolute Gasteiger partial charge is 0.264 e. The lowest BCUT2D eigenvalue weighted by molar-refractivity contribution is -0.136. The molecule has 2 N–H and O–H groups in total. The van der Waals surface area contributed by atoms with E-state index in [0.717, 1.165) is 69.2 Å². The first-order chi connectivity index (χ1) is 15.5. The first-order valence-corrected chi connectivity index (χ1v) is 11.6. The van der Waals surface area contributed by atoms with Gasteiger partial charge in [0.2, 0.25) is 11.8 Å². The maximum absolute atomic E-state index is 13.3. The maximum atomic E-state index is 13.3. The van der Waals surface area contributed by atoms with Gasteiger partial charge in [0.05, 0.1) is 16.8 Å². The van der Waals surface area contributed by atoms with Gasteiger partial charge in [0.1, 0.15) is 6.04 Å². The molecule has 0 saturated carbocycles. The third-order valence-corrected chi connectivity index (χ3v) is 7.13. The lowest BCUT2D eigenvalue weighted by atomic mass is 9.94. The largest absolute Gasteiger partial charge is 0.371 e. The first kappa shape index (κ1) is 26.4. The van der Waals surface area contributed by atoms with Crippen molar-refractivity contribution in [2.24, 2.45) is 5.92 Å². The Balaban J connectivity index is 0.00000162. The van der Waals surface area contributed by atoms with E-state index in [-0.39, 0.29) is 43.6 Å². The van der Waals surface area contributed by atoms with Crippen LogP contribution < -0.4 is 15.5 Å². The predicted molar refractivity (Wildman–Crippen MR) is 132 cm³/mol. The van der Waals surface area contributed by atoms with Crippen LogP contribution in [0.25, 0.3) is 0 Å². The van der Waals surface area contributed by atoms with E-state index in [9.17, 15) is 19.2 Å². The Morgan fingerprint density at radius 1 is 0.882 bits per heavy atom. The van der Waals surface area contributed by atoms with Crippen LogP contribution in [0.5, 0.6) is 0 Å². The molecule has 4 heterocycles. The van der Waals surface area contributed by atoms with Gasteiger partial charge in [-0.3, -0.25) is 29.4 Å². The quantitative estimate of drug-likeness (QED) is 0.582. The van der Waals surface area contributed by atoms with Gasteiger partial charge in [-0.25, -0.2) is 0 Å². The highest BCUT2D eigenvalue weighted by Crippen LogP contribution is 2.35. The summed E-state index contributed by atoms with van der Waals surface area (Å²) < 4.78 is 0. The monoisotopic (exact) mass is 511 g/mol. The average Bonchev–Trinajstić information content (AvgIpc) is 3.06. The van der Waals surface area contributed by atoms with Crippen molar-refractivity contribution in [2.75, 3.05) is 50.7 Å². The van der Waals surface area contributed by atoms with E-state index in [4.69, 9.17) is 0 Å². The van der Waals surface area contributed by atoms with Crippen LogP contribution in [-0.2, 0) is 9.59 Å². The molecule has 3 fully saturated rings. The number of halogens is 2. The van der Waals surface area contributed by atoms with Crippen molar-refractivity contribution in [2.45, 2.75) is 31.7 Å². The summed E-state index contributed by atoms with van der Waals surface area (Å²) in [6.07, 6.45) is 2.39. The second kappa shape index (κ2) is 11.0. The van der Waals surface area contributed by atoms with Crippen LogP contribution in [0.4, 0.5) is 5.69 Å². The summed E-state index contributed by atoms with van der Waals surface area (Å²) in [4.78, 5) is 56.0. The van der Waals surface area contributed by atoms with E-state index in [1.54, 1.807) is 12.1 Å². The number of piperazine rings is 1. The Kier molecular flexibility index (Phi) is 8.57. The zero-order valence-corrected chi connectivity index (χ0v) is 20.6. The van der Waals surface area contributed by atoms with Gasteiger partial charge < -0.3 is 15.1 Å². The number of piperidine rings is 2. The molecule has 34 heavy (non-hydrogen) atoms. The van der Waals surface area contributed by atoms with Crippen molar-refractivity contribution in [1.29, 1.82) is 0 Å². The molecule has 1 aromatic rings. The Bertz CT molecular complexity index is 961. The molecule has 5 rings (SSSR count). The Hall–Kier alpha value is -2.20. The number of hydrogen-bond acceptors (Lipinski definition) is 7. The predicted octanol–water partition coefficient (Wildman–Crippen LogP) is 1.05. The number of benzene rings is 1. The van der Waals surface area contributed by atoms with Crippen molar-refractivity contribution in [3.05, 3.63) is 29.3 Å². The number of anilines is 1. The number of nitrogens with one attached hydrogen (secondary N) is 2. The van der Waals surface area contributed by atoms with E-state index in [0.29, 0.717) is 17.0 Å². The number of hydrogen-bond donors (Lipinski definition) is 2. The minimum absolute atomic E-state index is 0. The summed E-state index contributed by atoms with van der Waals surface area (Å²) in [7, 11) is 0. The minimum atomic E-state index is -0.933. The fourth-order valence-corrected chi connectivity index (χ4v) is 5.38. The van der Waals surface area contributed by atoms with Gasteiger partial charge in [-0.15, -0.1) is 24.8 Å². The average molecular weight is 512 g/mol. The van der Waals surface area contributed by atoms with E-state index >= 15 is 0 Å². The van der Waals surface area contributed by atoms with Crippen LogP contribution in [0.2, 0.25) is 0 Å². The Morgan fingerprint density at radius 2 is 1.59 bits per heavy atom. The molecule has 0 aromatic heterocycles. The van der Waals surface area contributed by atoms with Crippen molar-refractivity contribution in [1.82, 2.24) is 20.4 Å². The van der Waals surface area contributed by atoms with Crippen molar-refractivity contribution < 1.29 is 19.2 Å². The SMILES string of the molecule is Cl.Cl.O=C1CCC(N2C(=O)c3cccc(N4CCC(CN5CCNCC5)CC4)c3C2=O)C(=O)N1. The Morgan fingerprint density at radius 3 is 2.26 bits per heavy atom. The second-order valence-corrected chi connectivity index (χ2v) is 9.13. The van der Waals surface area contributed by atoms with E-state index in [1.807, 2.05) is 6.07 Å². The number of fused-ring (bicyclic) bond motifs is 1. The van der Waals surface area contributed by atoms with Gasteiger partial charge in [-0.05, 0) is 37.3 Å². The number of amides is 4. The molecule has 9 nitrogen and oxygen atoms in total. The third kappa shape index (κ3) is 4.93. The highest BCUT2D eigenvalue weighted by atomic mass is 35.5. The summed E-state index contributed by atoms with van der Waals surface area (Å²) in [6.45, 7) is 7.09. The van der Waals surface area contributed by atoms with Gasteiger partial charge in [0.25, 0.3) is 11.8 Å². The van der Waals surface area contributed by atoms with E-state index in [1.165, 1.54) is 0 Å². The highest BCUT2D eigenvalue weighted by molar-refractivity contribution is 6.25. The standard InChI is InChI=1S/C23H29N5O4.2ClH/c29-19-5-4-18(21(30)25-19)28-22(31)16-2-1-3-17(20(16)23(28)32)27-10-6-15(7-11-27)14-26-12-8-24-9-13-26;;/h1-3,15,18,24H,4-14H2,(H,25,29,30);2*1H. The van der Waals surface area contributed by atoms with Gasteiger partial charge in [0, 0.05) is 52.2 Å².